The smallest absolute Gasteiger partial charge is 0.468 e. The minimum Gasteiger partial charge on any atom is -0.468 e. The highest BCUT2D eigenvalue weighted by Crippen LogP contribution is 2.31. The lowest BCUT2D eigenvalue weighted by molar-refractivity contribution is -0.157. The molecule has 0 heterocycles. The van der Waals surface area contributed by atoms with Crippen LogP contribution in [-0.2, 0) is 35.0 Å². The van der Waals surface area contributed by atoms with Crippen LogP contribution in [0.5, 0.6) is 11.5 Å². The van der Waals surface area contributed by atoms with E-state index in [-0.39, 0.29) is 43.5 Å². The van der Waals surface area contributed by atoms with Crippen LogP contribution in [-0.4, -0.2) is 56.2 Å². The molecule has 214 valence electrons. The fraction of sp³-hybridized carbons (Fsp3) is 0.630. The van der Waals surface area contributed by atoms with Crippen LogP contribution in [0.25, 0.3) is 0 Å². The minimum atomic E-state index is -1.58. The zero-order valence-corrected chi connectivity index (χ0v) is 23.2. The van der Waals surface area contributed by atoms with Crippen LogP contribution in [0.3, 0.4) is 0 Å². The molecule has 1 unspecified atom stereocenters. The maximum atomic E-state index is 12.7. The van der Waals surface area contributed by atoms with E-state index in [4.69, 9.17) is 34.2 Å². The number of carbonyl (C=O) groups excluding carboxylic acids is 4. The first-order chi connectivity index (χ1) is 17.9. The Balaban J connectivity index is 3.20. The molecule has 1 aromatic carbocycles. The van der Waals surface area contributed by atoms with Crippen LogP contribution in [0.2, 0.25) is 0 Å². The van der Waals surface area contributed by atoms with Gasteiger partial charge < -0.3 is 34.2 Å². The largest absolute Gasteiger partial charge is 0.513 e. The highest BCUT2D eigenvalue weighted by Gasteiger charge is 2.38. The third kappa shape index (κ3) is 11.4. The SMILES string of the molecule is CCCCOC(=O)Oc1ccc(CC(N)(C[C@H](C)OC(=O)C(C)C)C(=O)OC)cc1OC(=O)OCCCC. The Morgan fingerprint density at radius 2 is 1.45 bits per heavy atom. The number of esters is 2. The molecule has 11 heteroatoms. The Kier molecular flexibility index (Phi) is 14.2. The Bertz CT molecular complexity index is 932. The molecule has 0 saturated heterocycles. The van der Waals surface area contributed by atoms with Gasteiger partial charge in [-0.2, -0.15) is 0 Å². The van der Waals surface area contributed by atoms with Gasteiger partial charge in [-0.1, -0.05) is 46.6 Å². The molecule has 0 aliphatic heterocycles. The lowest BCUT2D eigenvalue weighted by Crippen LogP contribution is -2.53. The molecule has 0 bridgehead atoms. The van der Waals surface area contributed by atoms with E-state index >= 15 is 0 Å². The molecule has 0 saturated carbocycles. The van der Waals surface area contributed by atoms with Crippen molar-refractivity contribution in [2.24, 2.45) is 11.7 Å². The molecule has 0 spiro atoms. The summed E-state index contributed by atoms with van der Waals surface area (Å²) in [7, 11) is 1.21. The standard InChI is InChI=1S/C27H41NO10/c1-7-9-13-34-25(31)37-21-12-11-20(15-22(21)38-26(32)35-14-10-8-2)17-27(28,24(30)33-6)16-19(5)36-23(29)18(3)4/h11-12,15,18-19H,7-10,13-14,16-17,28H2,1-6H3/t19-,27?/m0/s1. The van der Waals surface area contributed by atoms with Gasteiger partial charge in [0.25, 0.3) is 0 Å². The van der Waals surface area contributed by atoms with Gasteiger partial charge in [0, 0.05) is 12.8 Å². The summed E-state index contributed by atoms with van der Waals surface area (Å²) >= 11 is 0. The van der Waals surface area contributed by atoms with E-state index in [1.807, 2.05) is 13.8 Å². The third-order valence-electron chi connectivity index (χ3n) is 5.38. The molecular formula is C27H41NO10. The van der Waals surface area contributed by atoms with E-state index < -0.39 is 35.9 Å². The van der Waals surface area contributed by atoms with Crippen molar-refractivity contribution in [3.8, 4) is 11.5 Å². The first-order valence-corrected chi connectivity index (χ1v) is 12.9. The molecule has 0 amide bonds. The Labute approximate surface area is 224 Å². The van der Waals surface area contributed by atoms with Gasteiger partial charge >= 0.3 is 24.2 Å². The van der Waals surface area contributed by atoms with Crippen molar-refractivity contribution in [3.05, 3.63) is 23.8 Å². The quantitative estimate of drug-likeness (QED) is 0.143. The van der Waals surface area contributed by atoms with Gasteiger partial charge in [0.2, 0.25) is 0 Å². The molecule has 0 fully saturated rings. The zero-order valence-electron chi connectivity index (χ0n) is 23.2. The second-order valence-corrected chi connectivity index (χ2v) is 9.32. The molecule has 0 aromatic heterocycles. The van der Waals surface area contributed by atoms with Crippen LogP contribution in [0.15, 0.2) is 18.2 Å². The molecule has 2 N–H and O–H groups in total. The van der Waals surface area contributed by atoms with Crippen LogP contribution in [0.1, 0.15) is 72.3 Å². The molecule has 38 heavy (non-hydrogen) atoms. The molecule has 1 rings (SSSR count). The van der Waals surface area contributed by atoms with Crippen molar-refractivity contribution in [2.75, 3.05) is 20.3 Å². The fourth-order valence-corrected chi connectivity index (χ4v) is 3.35. The zero-order chi connectivity index (χ0) is 28.7. The van der Waals surface area contributed by atoms with Crippen molar-refractivity contribution in [1.29, 1.82) is 0 Å². The highest BCUT2D eigenvalue weighted by molar-refractivity contribution is 5.81. The minimum absolute atomic E-state index is 0.0324. The van der Waals surface area contributed by atoms with Crippen LogP contribution >= 0.6 is 0 Å². The summed E-state index contributed by atoms with van der Waals surface area (Å²) < 4.78 is 30.9. The topological polar surface area (TPSA) is 150 Å². The lowest BCUT2D eigenvalue weighted by atomic mass is 9.86. The number of methoxy groups -OCH3 is 1. The molecule has 0 radical (unpaired) electrons. The number of ether oxygens (including phenoxy) is 6. The lowest BCUT2D eigenvalue weighted by Gasteiger charge is -2.29. The summed E-state index contributed by atoms with van der Waals surface area (Å²) in [4.78, 5) is 49.0. The number of carbonyl (C=O) groups is 4. The van der Waals surface area contributed by atoms with Crippen LogP contribution < -0.4 is 15.2 Å². The van der Waals surface area contributed by atoms with E-state index in [9.17, 15) is 19.2 Å². The second kappa shape index (κ2) is 16.5. The van der Waals surface area contributed by atoms with Gasteiger partial charge in [-0.05, 0) is 37.5 Å². The summed E-state index contributed by atoms with van der Waals surface area (Å²) in [6.07, 6.45) is 0.239. The Morgan fingerprint density at radius 1 is 0.895 bits per heavy atom. The maximum absolute atomic E-state index is 12.7. The normalized spacial score (nSPS) is 13.2. The molecule has 11 nitrogen and oxygen atoms in total. The monoisotopic (exact) mass is 539 g/mol. The maximum Gasteiger partial charge on any atom is 0.513 e. The molecule has 1 aromatic rings. The highest BCUT2D eigenvalue weighted by atomic mass is 16.7. The number of hydrogen-bond acceptors (Lipinski definition) is 11. The number of benzene rings is 1. The molecule has 2 atom stereocenters. The summed E-state index contributed by atoms with van der Waals surface area (Å²) in [6, 6.07) is 4.36. The van der Waals surface area contributed by atoms with E-state index in [0.717, 1.165) is 12.8 Å². The van der Waals surface area contributed by atoms with E-state index in [0.29, 0.717) is 18.4 Å². The molecular weight excluding hydrogens is 498 g/mol. The van der Waals surface area contributed by atoms with Crippen LogP contribution in [0.4, 0.5) is 9.59 Å². The van der Waals surface area contributed by atoms with Crippen molar-refractivity contribution >= 4 is 24.2 Å². The number of rotatable bonds is 15. The first kappa shape index (κ1) is 32.7. The predicted octanol–water partition coefficient (Wildman–Crippen LogP) is 4.71. The molecule has 0 aliphatic rings. The average molecular weight is 540 g/mol. The van der Waals surface area contributed by atoms with E-state index in [1.165, 1.54) is 19.2 Å². The second-order valence-electron chi connectivity index (χ2n) is 9.32. The third-order valence-corrected chi connectivity index (χ3v) is 5.38. The predicted molar refractivity (Wildman–Crippen MR) is 138 cm³/mol. The van der Waals surface area contributed by atoms with Crippen molar-refractivity contribution in [3.63, 3.8) is 0 Å². The number of nitrogens with two attached hydrogens (primary N) is 1. The Hall–Kier alpha value is -3.34. The van der Waals surface area contributed by atoms with Gasteiger partial charge in [-0.3, -0.25) is 9.59 Å². The molecule has 0 aliphatic carbocycles. The summed E-state index contributed by atoms with van der Waals surface area (Å²) in [5.74, 6) is -1.69. The average Bonchev–Trinajstić information content (AvgIpc) is 2.85. The Morgan fingerprint density at radius 3 is 1.95 bits per heavy atom. The number of hydrogen-bond donors (Lipinski definition) is 1. The first-order valence-electron chi connectivity index (χ1n) is 12.9. The van der Waals surface area contributed by atoms with E-state index in [1.54, 1.807) is 26.8 Å². The fourth-order valence-electron chi connectivity index (χ4n) is 3.35. The van der Waals surface area contributed by atoms with Gasteiger partial charge in [0.05, 0.1) is 26.2 Å². The summed E-state index contributed by atoms with van der Waals surface area (Å²) in [5.41, 5.74) is 5.34. The van der Waals surface area contributed by atoms with Crippen molar-refractivity contribution < 1.29 is 47.6 Å². The van der Waals surface area contributed by atoms with Crippen molar-refractivity contribution in [2.45, 2.75) is 84.8 Å². The summed E-state index contributed by atoms with van der Waals surface area (Å²) in [5, 5.41) is 0. The summed E-state index contributed by atoms with van der Waals surface area (Å²) in [6.45, 7) is 9.26. The number of unbranched alkanes of at least 4 members (excludes halogenated alkanes) is 2. The van der Waals surface area contributed by atoms with E-state index in [2.05, 4.69) is 0 Å². The van der Waals surface area contributed by atoms with Gasteiger partial charge in [-0.15, -0.1) is 0 Å². The van der Waals surface area contributed by atoms with Gasteiger partial charge in [-0.25, -0.2) is 9.59 Å². The van der Waals surface area contributed by atoms with Gasteiger partial charge in [0.1, 0.15) is 11.6 Å². The van der Waals surface area contributed by atoms with Crippen molar-refractivity contribution in [1.82, 2.24) is 0 Å². The van der Waals surface area contributed by atoms with Gasteiger partial charge in [0.15, 0.2) is 11.5 Å². The van der Waals surface area contributed by atoms with Crippen LogP contribution in [0, 0.1) is 5.92 Å².